The molecule has 0 fully saturated rings. The number of rotatable bonds is 4. The minimum absolute atomic E-state index is 0.259. The van der Waals surface area contributed by atoms with Crippen LogP contribution in [-0.4, -0.2) is 23.7 Å². The molecule has 17 heavy (non-hydrogen) atoms. The van der Waals surface area contributed by atoms with E-state index in [1.807, 2.05) is 0 Å². The topological polar surface area (TPSA) is 63.6 Å². The highest BCUT2D eigenvalue weighted by Crippen LogP contribution is 2.11. The highest BCUT2D eigenvalue weighted by atomic mass is 19.1. The predicted molar refractivity (Wildman–Crippen MR) is 59.0 cm³/mol. The maximum Gasteiger partial charge on any atom is 0.338 e. The number of esters is 1. The van der Waals surface area contributed by atoms with Crippen molar-refractivity contribution in [1.29, 1.82) is 0 Å². The molecule has 0 heterocycles. The molecule has 0 aliphatic carbocycles. The van der Waals surface area contributed by atoms with E-state index in [4.69, 9.17) is 5.11 Å². The zero-order chi connectivity index (χ0) is 12.8. The number of hydrogen-bond donors (Lipinski definition) is 1. The summed E-state index contributed by atoms with van der Waals surface area (Å²) in [5.41, 5.74) is -0.0150. The summed E-state index contributed by atoms with van der Waals surface area (Å²) in [4.78, 5) is 21.5. The number of hydrogen-bond acceptors (Lipinski definition) is 3. The maximum atomic E-state index is 13.2. The summed E-state index contributed by atoms with van der Waals surface area (Å²) in [6.45, 7) is 1.93. The van der Waals surface area contributed by atoms with Gasteiger partial charge in [0.15, 0.2) is 0 Å². The van der Waals surface area contributed by atoms with Gasteiger partial charge in [0.1, 0.15) is 5.82 Å². The Hall–Kier alpha value is -2.17. The third-order valence-corrected chi connectivity index (χ3v) is 1.92. The molecule has 0 aromatic heterocycles. The molecule has 0 unspecified atom stereocenters. The van der Waals surface area contributed by atoms with Crippen LogP contribution >= 0.6 is 0 Å². The summed E-state index contributed by atoms with van der Waals surface area (Å²) in [5, 5.41) is 8.61. The lowest BCUT2D eigenvalue weighted by molar-refractivity contribution is -0.137. The molecule has 0 atom stereocenters. The normalized spacial score (nSPS) is 10.5. The van der Waals surface area contributed by atoms with Gasteiger partial charge in [0.25, 0.3) is 0 Å². The molecule has 1 rings (SSSR count). The minimum Gasteiger partial charge on any atom is -0.478 e. The van der Waals surface area contributed by atoms with Crippen LogP contribution in [0.3, 0.4) is 0 Å². The van der Waals surface area contributed by atoms with Crippen LogP contribution in [0, 0.1) is 5.82 Å². The standard InChI is InChI=1S/C12H11FO4/c1-2-17-11(14)6-4-8-3-5-9(12(15)16)10(13)7-8/h3-7H,2H2,1H3,(H,15,16). The van der Waals surface area contributed by atoms with Gasteiger partial charge in [0, 0.05) is 6.08 Å². The molecule has 0 amide bonds. The van der Waals surface area contributed by atoms with Crippen molar-refractivity contribution in [2.75, 3.05) is 6.61 Å². The van der Waals surface area contributed by atoms with Gasteiger partial charge in [-0.05, 0) is 30.7 Å². The first-order valence-electron chi connectivity index (χ1n) is 4.92. The van der Waals surface area contributed by atoms with Crippen LogP contribution in [0.2, 0.25) is 0 Å². The van der Waals surface area contributed by atoms with Crippen LogP contribution in [-0.2, 0) is 9.53 Å². The second kappa shape index (κ2) is 5.79. The highest BCUT2D eigenvalue weighted by molar-refractivity contribution is 5.89. The fourth-order valence-electron chi connectivity index (χ4n) is 1.16. The van der Waals surface area contributed by atoms with Crippen molar-refractivity contribution < 1.29 is 23.8 Å². The SMILES string of the molecule is CCOC(=O)C=Cc1ccc(C(=O)O)c(F)c1. The van der Waals surface area contributed by atoms with Crippen LogP contribution in [0.15, 0.2) is 24.3 Å². The number of carbonyl (C=O) groups is 2. The summed E-state index contributed by atoms with van der Waals surface area (Å²) in [6, 6.07) is 3.59. The van der Waals surface area contributed by atoms with Crippen LogP contribution in [0.5, 0.6) is 0 Å². The molecular weight excluding hydrogens is 227 g/mol. The Morgan fingerprint density at radius 3 is 2.71 bits per heavy atom. The molecule has 0 bridgehead atoms. The molecule has 4 nitrogen and oxygen atoms in total. The van der Waals surface area contributed by atoms with E-state index in [0.717, 1.165) is 18.2 Å². The zero-order valence-corrected chi connectivity index (χ0v) is 9.14. The number of carbonyl (C=O) groups excluding carboxylic acids is 1. The van der Waals surface area contributed by atoms with E-state index in [2.05, 4.69) is 4.74 Å². The van der Waals surface area contributed by atoms with E-state index in [9.17, 15) is 14.0 Å². The van der Waals surface area contributed by atoms with Crippen molar-refractivity contribution in [1.82, 2.24) is 0 Å². The maximum absolute atomic E-state index is 13.2. The van der Waals surface area contributed by atoms with Crippen molar-refractivity contribution in [3.8, 4) is 0 Å². The summed E-state index contributed by atoms with van der Waals surface area (Å²) in [6.07, 6.45) is 2.51. The molecule has 5 heteroatoms. The Morgan fingerprint density at radius 2 is 2.18 bits per heavy atom. The van der Waals surface area contributed by atoms with Crippen molar-refractivity contribution in [2.24, 2.45) is 0 Å². The molecule has 0 saturated carbocycles. The number of benzene rings is 1. The van der Waals surface area contributed by atoms with Gasteiger partial charge in [-0.25, -0.2) is 14.0 Å². The van der Waals surface area contributed by atoms with Crippen LogP contribution in [0.25, 0.3) is 6.08 Å². The van der Waals surface area contributed by atoms with Gasteiger partial charge in [-0.3, -0.25) is 0 Å². The predicted octanol–water partition coefficient (Wildman–Crippen LogP) is 2.10. The zero-order valence-electron chi connectivity index (χ0n) is 9.14. The second-order valence-electron chi connectivity index (χ2n) is 3.13. The molecule has 0 aliphatic rings. The molecule has 1 aromatic rings. The van der Waals surface area contributed by atoms with Crippen LogP contribution in [0.4, 0.5) is 4.39 Å². The van der Waals surface area contributed by atoms with Crippen molar-refractivity contribution in [2.45, 2.75) is 6.92 Å². The van der Waals surface area contributed by atoms with Gasteiger partial charge in [-0.1, -0.05) is 6.07 Å². The van der Waals surface area contributed by atoms with Crippen molar-refractivity contribution in [3.63, 3.8) is 0 Å². The van der Waals surface area contributed by atoms with E-state index in [1.165, 1.54) is 12.1 Å². The fourth-order valence-corrected chi connectivity index (χ4v) is 1.16. The molecular formula is C12H11FO4. The summed E-state index contributed by atoms with van der Waals surface area (Å²) >= 11 is 0. The summed E-state index contributed by atoms with van der Waals surface area (Å²) < 4.78 is 17.9. The highest BCUT2D eigenvalue weighted by Gasteiger charge is 2.09. The molecule has 1 N–H and O–H groups in total. The fraction of sp³-hybridized carbons (Fsp3) is 0.167. The quantitative estimate of drug-likeness (QED) is 0.644. The Kier molecular flexibility index (Phi) is 4.39. The van der Waals surface area contributed by atoms with E-state index in [-0.39, 0.29) is 6.61 Å². The number of carboxylic acids is 1. The van der Waals surface area contributed by atoms with Gasteiger partial charge < -0.3 is 9.84 Å². The van der Waals surface area contributed by atoms with E-state index in [1.54, 1.807) is 6.92 Å². The van der Waals surface area contributed by atoms with E-state index < -0.39 is 23.3 Å². The Morgan fingerprint density at radius 1 is 1.47 bits per heavy atom. The minimum atomic E-state index is -1.33. The number of aromatic carboxylic acids is 1. The third kappa shape index (κ3) is 3.71. The average Bonchev–Trinajstić information content (AvgIpc) is 2.26. The monoisotopic (exact) mass is 238 g/mol. The summed E-state index contributed by atoms with van der Waals surface area (Å²) in [5.74, 6) is -2.71. The van der Waals surface area contributed by atoms with Gasteiger partial charge >= 0.3 is 11.9 Å². The smallest absolute Gasteiger partial charge is 0.338 e. The number of carboxylic acid groups (broad SMARTS) is 1. The first-order chi connectivity index (χ1) is 8.04. The number of ether oxygens (including phenoxy) is 1. The Balaban J connectivity index is 2.84. The van der Waals surface area contributed by atoms with Gasteiger partial charge in [-0.2, -0.15) is 0 Å². The third-order valence-electron chi connectivity index (χ3n) is 1.92. The van der Waals surface area contributed by atoms with Crippen molar-refractivity contribution in [3.05, 3.63) is 41.2 Å². The molecule has 0 radical (unpaired) electrons. The first kappa shape index (κ1) is 12.9. The van der Waals surface area contributed by atoms with Gasteiger partial charge in [0.05, 0.1) is 12.2 Å². The van der Waals surface area contributed by atoms with Gasteiger partial charge in [-0.15, -0.1) is 0 Å². The molecule has 90 valence electrons. The molecule has 0 aliphatic heterocycles. The summed E-state index contributed by atoms with van der Waals surface area (Å²) in [7, 11) is 0. The van der Waals surface area contributed by atoms with Crippen molar-refractivity contribution >= 4 is 18.0 Å². The molecule has 0 saturated heterocycles. The van der Waals surface area contributed by atoms with E-state index >= 15 is 0 Å². The van der Waals surface area contributed by atoms with E-state index in [0.29, 0.717) is 5.56 Å². The second-order valence-corrected chi connectivity index (χ2v) is 3.13. The molecule has 0 spiro atoms. The van der Waals surface area contributed by atoms with Gasteiger partial charge in [0.2, 0.25) is 0 Å². The average molecular weight is 238 g/mol. The Labute approximate surface area is 97.3 Å². The molecule has 1 aromatic carbocycles. The lowest BCUT2D eigenvalue weighted by atomic mass is 10.1. The van der Waals surface area contributed by atoms with Crippen LogP contribution < -0.4 is 0 Å². The number of halogens is 1. The van der Waals surface area contributed by atoms with Crippen LogP contribution in [0.1, 0.15) is 22.8 Å². The lowest BCUT2D eigenvalue weighted by Gasteiger charge is -1.99. The first-order valence-corrected chi connectivity index (χ1v) is 4.92. The lowest BCUT2D eigenvalue weighted by Crippen LogP contribution is -2.01. The largest absolute Gasteiger partial charge is 0.478 e. The Bertz CT molecular complexity index is 466.